The lowest BCUT2D eigenvalue weighted by molar-refractivity contribution is 0.106. The highest BCUT2D eigenvalue weighted by molar-refractivity contribution is 7.84. The first-order valence-electron chi connectivity index (χ1n) is 6.90. The van der Waals surface area contributed by atoms with Gasteiger partial charge in [-0.15, -0.1) is 0 Å². The molecule has 1 aromatic carbocycles. The van der Waals surface area contributed by atoms with Crippen LogP contribution in [0.15, 0.2) is 24.3 Å². The number of aliphatic hydroxyl groups is 1. The molecule has 0 saturated heterocycles. The van der Waals surface area contributed by atoms with E-state index in [2.05, 4.69) is 5.32 Å². The summed E-state index contributed by atoms with van der Waals surface area (Å²) in [5.41, 5.74) is 1.06. The predicted molar refractivity (Wildman–Crippen MR) is 83.7 cm³/mol. The van der Waals surface area contributed by atoms with Crippen molar-refractivity contribution >= 4 is 10.8 Å². The fourth-order valence-electron chi connectivity index (χ4n) is 1.70. The fraction of sp³-hybridized carbons (Fsp3) is 0.600. The molecule has 2 N–H and O–H groups in total. The van der Waals surface area contributed by atoms with Crippen LogP contribution in [0.4, 0.5) is 0 Å². The maximum absolute atomic E-state index is 11.2. The summed E-state index contributed by atoms with van der Waals surface area (Å²) in [6.07, 6.45) is 2.02. The van der Waals surface area contributed by atoms with Gasteiger partial charge in [0.05, 0.1) is 0 Å². The van der Waals surface area contributed by atoms with Crippen molar-refractivity contribution in [2.75, 3.05) is 26.0 Å². The molecule has 20 heavy (non-hydrogen) atoms. The minimum atomic E-state index is -0.783. The fourth-order valence-corrected chi connectivity index (χ4v) is 2.15. The first-order valence-corrected chi connectivity index (χ1v) is 8.52. The average Bonchev–Trinajstić information content (AvgIpc) is 2.42. The van der Waals surface area contributed by atoms with Gasteiger partial charge in [0.2, 0.25) is 0 Å². The zero-order valence-electron chi connectivity index (χ0n) is 12.5. The number of nitrogens with one attached hydrogen (secondary N) is 1. The second-order valence-corrected chi connectivity index (χ2v) is 6.83. The Hall–Kier alpha value is -0.910. The molecule has 0 fully saturated rings. The van der Waals surface area contributed by atoms with Crippen LogP contribution in [0.2, 0.25) is 0 Å². The van der Waals surface area contributed by atoms with Gasteiger partial charge in [0.15, 0.2) is 0 Å². The molecule has 4 nitrogen and oxygen atoms in total. The lowest BCUT2D eigenvalue weighted by Crippen LogP contribution is -2.33. The smallest absolute Gasteiger partial charge is 0.122 e. The second-order valence-electron chi connectivity index (χ2n) is 5.03. The summed E-state index contributed by atoms with van der Waals surface area (Å²) in [6, 6.07) is 7.75. The van der Waals surface area contributed by atoms with Crippen molar-refractivity contribution in [1.29, 1.82) is 0 Å². The maximum Gasteiger partial charge on any atom is 0.122 e. The van der Waals surface area contributed by atoms with Crippen LogP contribution in [0.3, 0.4) is 0 Å². The molecule has 0 radical (unpaired) electrons. The summed E-state index contributed by atoms with van der Waals surface area (Å²) < 4.78 is 16.8. The van der Waals surface area contributed by atoms with Crippen LogP contribution >= 0.6 is 0 Å². The predicted octanol–water partition coefficient (Wildman–Crippen LogP) is 1.48. The number of hydrogen-bond acceptors (Lipinski definition) is 4. The van der Waals surface area contributed by atoms with Crippen molar-refractivity contribution in [2.45, 2.75) is 31.6 Å². The summed E-state index contributed by atoms with van der Waals surface area (Å²) in [6.45, 7) is 5.45. The van der Waals surface area contributed by atoms with E-state index in [0.717, 1.165) is 24.3 Å². The Bertz CT molecular complexity index is 425. The first-order chi connectivity index (χ1) is 9.50. The Morgan fingerprint density at radius 2 is 2.10 bits per heavy atom. The van der Waals surface area contributed by atoms with E-state index in [4.69, 9.17) is 4.74 Å². The molecule has 0 aliphatic carbocycles. The summed E-state index contributed by atoms with van der Waals surface area (Å²) >= 11 is 0. The molecule has 3 unspecified atom stereocenters. The van der Waals surface area contributed by atoms with Gasteiger partial charge in [0.25, 0.3) is 0 Å². The van der Waals surface area contributed by atoms with Crippen LogP contribution in [0.5, 0.6) is 5.75 Å². The lowest BCUT2D eigenvalue weighted by atomic mass is 10.2. The van der Waals surface area contributed by atoms with Crippen molar-refractivity contribution in [1.82, 2.24) is 5.32 Å². The number of rotatable bonds is 9. The van der Waals surface area contributed by atoms with E-state index in [-0.39, 0.29) is 11.9 Å². The van der Waals surface area contributed by atoms with Crippen LogP contribution in [0, 0.1) is 6.92 Å². The monoisotopic (exact) mass is 299 g/mol. The van der Waals surface area contributed by atoms with Gasteiger partial charge in [-0.3, -0.25) is 4.21 Å². The minimum absolute atomic E-state index is 0.183. The second kappa shape index (κ2) is 9.10. The van der Waals surface area contributed by atoms with Crippen LogP contribution in [0.1, 0.15) is 18.9 Å². The van der Waals surface area contributed by atoms with Crippen LogP contribution < -0.4 is 10.1 Å². The molecule has 0 heterocycles. The van der Waals surface area contributed by atoms with Crippen molar-refractivity contribution in [3.63, 3.8) is 0 Å². The Balaban J connectivity index is 2.16. The zero-order chi connectivity index (χ0) is 15.0. The largest absolute Gasteiger partial charge is 0.491 e. The van der Waals surface area contributed by atoms with E-state index < -0.39 is 16.9 Å². The zero-order valence-corrected chi connectivity index (χ0v) is 13.3. The van der Waals surface area contributed by atoms with E-state index in [9.17, 15) is 9.32 Å². The first kappa shape index (κ1) is 17.1. The van der Waals surface area contributed by atoms with Crippen molar-refractivity contribution < 1.29 is 14.1 Å². The van der Waals surface area contributed by atoms with Gasteiger partial charge in [-0.1, -0.05) is 25.1 Å². The number of ether oxygens (including phenoxy) is 1. The summed E-state index contributed by atoms with van der Waals surface area (Å²) in [7, 11) is -0.783. The molecule has 0 aromatic heterocycles. The third-order valence-corrected chi connectivity index (χ3v) is 4.57. The van der Waals surface area contributed by atoms with Gasteiger partial charge in [-0.25, -0.2) is 0 Å². The standard InChI is InChI=1S/C15H25NO3S/c1-12-6-4-5-7-15(12)19-11-14(17)10-16-9-8-13(2)20(3)18/h4-7,13-14,16-17H,8-11H2,1-3H3. The molecule has 1 aromatic rings. The molecule has 0 saturated carbocycles. The van der Waals surface area contributed by atoms with E-state index >= 15 is 0 Å². The molecule has 0 spiro atoms. The summed E-state index contributed by atoms with van der Waals surface area (Å²) in [5, 5.41) is 13.2. The van der Waals surface area contributed by atoms with E-state index in [1.54, 1.807) is 6.26 Å². The van der Waals surface area contributed by atoms with Gasteiger partial charge in [-0.05, 0) is 31.5 Å². The van der Waals surface area contributed by atoms with Gasteiger partial charge in [-0.2, -0.15) is 0 Å². The van der Waals surface area contributed by atoms with Crippen molar-refractivity contribution in [3.8, 4) is 5.75 Å². The number of benzene rings is 1. The molecule has 1 rings (SSSR count). The Kier molecular flexibility index (Phi) is 7.80. The van der Waals surface area contributed by atoms with Crippen molar-refractivity contribution in [2.24, 2.45) is 0 Å². The van der Waals surface area contributed by atoms with Crippen LogP contribution in [-0.4, -0.2) is 46.6 Å². The van der Waals surface area contributed by atoms with E-state index in [0.29, 0.717) is 6.54 Å². The Morgan fingerprint density at radius 1 is 1.40 bits per heavy atom. The van der Waals surface area contributed by atoms with Crippen molar-refractivity contribution in [3.05, 3.63) is 29.8 Å². The number of aryl methyl sites for hydroxylation is 1. The Morgan fingerprint density at radius 3 is 2.75 bits per heavy atom. The van der Waals surface area contributed by atoms with E-state index in [1.807, 2.05) is 38.1 Å². The normalized spacial score (nSPS) is 15.6. The third kappa shape index (κ3) is 6.50. The highest BCUT2D eigenvalue weighted by Gasteiger charge is 2.08. The average molecular weight is 299 g/mol. The molecule has 0 amide bonds. The van der Waals surface area contributed by atoms with Crippen LogP contribution in [0.25, 0.3) is 0 Å². The van der Waals surface area contributed by atoms with Gasteiger partial charge in [0.1, 0.15) is 18.5 Å². The van der Waals surface area contributed by atoms with Gasteiger partial charge in [0, 0.05) is 28.9 Å². The molecule has 0 aliphatic rings. The Labute approximate surface area is 124 Å². The van der Waals surface area contributed by atoms with Gasteiger partial charge < -0.3 is 15.2 Å². The molecular formula is C15H25NO3S. The summed E-state index contributed by atoms with van der Waals surface area (Å²) in [4.78, 5) is 0. The lowest BCUT2D eigenvalue weighted by Gasteiger charge is -2.15. The molecule has 0 aliphatic heterocycles. The number of aliphatic hydroxyl groups excluding tert-OH is 1. The van der Waals surface area contributed by atoms with Crippen LogP contribution in [-0.2, 0) is 10.8 Å². The highest BCUT2D eigenvalue weighted by Crippen LogP contribution is 2.16. The van der Waals surface area contributed by atoms with Gasteiger partial charge >= 0.3 is 0 Å². The van der Waals surface area contributed by atoms with E-state index in [1.165, 1.54) is 0 Å². The topological polar surface area (TPSA) is 58.6 Å². The minimum Gasteiger partial charge on any atom is -0.491 e. The number of para-hydroxylation sites is 1. The molecular weight excluding hydrogens is 274 g/mol. The third-order valence-electron chi connectivity index (χ3n) is 3.20. The molecule has 3 atom stereocenters. The number of hydrogen-bond donors (Lipinski definition) is 2. The quantitative estimate of drug-likeness (QED) is 0.678. The summed E-state index contributed by atoms with van der Waals surface area (Å²) in [5.74, 6) is 0.807. The molecule has 5 heteroatoms. The molecule has 114 valence electrons. The maximum atomic E-state index is 11.2. The SMILES string of the molecule is Cc1ccccc1OCC(O)CNCCC(C)S(C)=O. The molecule has 0 bridgehead atoms. The highest BCUT2D eigenvalue weighted by atomic mass is 32.2.